The maximum absolute atomic E-state index is 12.4. The Morgan fingerprint density at radius 1 is 1.59 bits per heavy atom. The molecule has 0 radical (unpaired) electrons. The highest BCUT2D eigenvalue weighted by molar-refractivity contribution is 9.11. The zero-order chi connectivity index (χ0) is 12.6. The molecule has 2 rings (SSSR count). The first-order chi connectivity index (χ1) is 7.91. The summed E-state index contributed by atoms with van der Waals surface area (Å²) in [6.45, 7) is 5.70. The van der Waals surface area contributed by atoms with E-state index in [0.717, 1.165) is 9.35 Å². The first kappa shape index (κ1) is 13.5. The molecule has 1 N–H and O–H groups in total. The highest BCUT2D eigenvalue weighted by Gasteiger charge is 2.30. The molecule has 7 heteroatoms. The Kier molecular flexibility index (Phi) is 3.94. The number of rotatable bonds is 2. The topological polar surface area (TPSA) is 49.4 Å². The minimum Gasteiger partial charge on any atom is -0.312 e. The zero-order valence-electron chi connectivity index (χ0n) is 9.73. The van der Waals surface area contributed by atoms with E-state index in [1.807, 2.05) is 13.8 Å². The molecule has 0 bridgehead atoms. The van der Waals surface area contributed by atoms with Gasteiger partial charge in [-0.05, 0) is 41.4 Å². The smallest absolute Gasteiger partial charge is 0.252 e. The van der Waals surface area contributed by atoms with Gasteiger partial charge >= 0.3 is 0 Å². The fourth-order valence-electron chi connectivity index (χ4n) is 1.80. The van der Waals surface area contributed by atoms with Crippen molar-refractivity contribution in [2.24, 2.45) is 0 Å². The van der Waals surface area contributed by atoms with Crippen molar-refractivity contribution in [2.75, 3.05) is 19.6 Å². The maximum atomic E-state index is 12.4. The van der Waals surface area contributed by atoms with Gasteiger partial charge in [0.1, 0.15) is 4.21 Å². The van der Waals surface area contributed by atoms with Crippen LogP contribution in [0.25, 0.3) is 0 Å². The van der Waals surface area contributed by atoms with E-state index in [2.05, 4.69) is 21.2 Å². The van der Waals surface area contributed by atoms with Gasteiger partial charge in [-0.3, -0.25) is 0 Å². The first-order valence-electron chi connectivity index (χ1n) is 5.40. The van der Waals surface area contributed by atoms with E-state index in [4.69, 9.17) is 0 Å². The van der Waals surface area contributed by atoms with Crippen LogP contribution >= 0.6 is 27.3 Å². The van der Waals surface area contributed by atoms with Crippen LogP contribution in [0.3, 0.4) is 0 Å². The normalized spacial score (nSPS) is 22.9. The van der Waals surface area contributed by atoms with Crippen molar-refractivity contribution < 1.29 is 8.42 Å². The Bertz CT molecular complexity index is 493. The Morgan fingerprint density at radius 2 is 2.29 bits per heavy atom. The van der Waals surface area contributed by atoms with Gasteiger partial charge in [0, 0.05) is 25.7 Å². The molecule has 0 spiro atoms. The molecule has 1 aromatic heterocycles. The Morgan fingerprint density at radius 3 is 2.82 bits per heavy atom. The van der Waals surface area contributed by atoms with Crippen LogP contribution in [0, 0.1) is 6.92 Å². The predicted molar refractivity (Wildman–Crippen MR) is 73.0 cm³/mol. The molecular weight excluding hydrogens is 324 g/mol. The lowest BCUT2D eigenvalue weighted by atomic mass is 10.3. The average Bonchev–Trinajstić information content (AvgIpc) is 2.60. The Balaban J connectivity index is 2.29. The maximum Gasteiger partial charge on any atom is 0.252 e. The minimum absolute atomic E-state index is 0.211. The molecule has 2 heterocycles. The largest absolute Gasteiger partial charge is 0.312 e. The van der Waals surface area contributed by atoms with Crippen LogP contribution in [0.15, 0.2) is 14.1 Å². The fraction of sp³-hybridized carbons (Fsp3) is 0.600. The Labute approximate surface area is 114 Å². The summed E-state index contributed by atoms with van der Waals surface area (Å²) in [5.41, 5.74) is 0.969. The van der Waals surface area contributed by atoms with E-state index in [1.165, 1.54) is 11.3 Å². The van der Waals surface area contributed by atoms with Gasteiger partial charge in [0.2, 0.25) is 0 Å². The number of piperazine rings is 1. The van der Waals surface area contributed by atoms with Crippen molar-refractivity contribution in [3.8, 4) is 0 Å². The molecule has 1 aliphatic rings. The van der Waals surface area contributed by atoms with E-state index in [1.54, 1.807) is 10.4 Å². The molecule has 0 aromatic carbocycles. The van der Waals surface area contributed by atoms with E-state index in [9.17, 15) is 8.42 Å². The molecule has 1 atom stereocenters. The van der Waals surface area contributed by atoms with Crippen molar-refractivity contribution in [1.29, 1.82) is 0 Å². The molecule has 1 saturated heterocycles. The van der Waals surface area contributed by atoms with Crippen LogP contribution in [-0.4, -0.2) is 38.4 Å². The monoisotopic (exact) mass is 338 g/mol. The van der Waals surface area contributed by atoms with Gasteiger partial charge < -0.3 is 5.32 Å². The summed E-state index contributed by atoms with van der Waals surface area (Å²) in [5.74, 6) is 0. The third-order valence-electron chi connectivity index (χ3n) is 2.76. The second-order valence-corrected chi connectivity index (χ2v) is 8.78. The second-order valence-electron chi connectivity index (χ2n) is 4.24. The fourth-order valence-corrected chi connectivity index (χ4v) is 5.71. The van der Waals surface area contributed by atoms with E-state index >= 15 is 0 Å². The molecule has 1 aromatic rings. The molecule has 0 saturated carbocycles. The summed E-state index contributed by atoms with van der Waals surface area (Å²) in [7, 11) is -3.31. The summed E-state index contributed by atoms with van der Waals surface area (Å²) < 4.78 is 27.6. The minimum atomic E-state index is -3.31. The number of thiophene rings is 1. The SMILES string of the molecule is Cc1cc(S(=O)(=O)N2CCN[C@H](C)C2)sc1Br. The van der Waals surface area contributed by atoms with Crippen LogP contribution in [-0.2, 0) is 10.0 Å². The lowest BCUT2D eigenvalue weighted by Crippen LogP contribution is -2.51. The first-order valence-corrected chi connectivity index (χ1v) is 8.45. The third kappa shape index (κ3) is 2.73. The van der Waals surface area contributed by atoms with E-state index in [0.29, 0.717) is 23.8 Å². The number of aryl methyl sites for hydroxylation is 1. The van der Waals surface area contributed by atoms with Crippen LogP contribution < -0.4 is 5.32 Å². The molecule has 1 fully saturated rings. The van der Waals surface area contributed by atoms with Gasteiger partial charge in [0.05, 0.1) is 3.79 Å². The molecule has 17 heavy (non-hydrogen) atoms. The summed E-state index contributed by atoms with van der Waals surface area (Å²) in [5, 5.41) is 3.24. The van der Waals surface area contributed by atoms with Crippen LogP contribution in [0.1, 0.15) is 12.5 Å². The number of hydrogen-bond acceptors (Lipinski definition) is 4. The van der Waals surface area contributed by atoms with Crippen molar-refractivity contribution in [3.05, 3.63) is 15.4 Å². The summed E-state index contributed by atoms with van der Waals surface area (Å²) >= 11 is 4.65. The second kappa shape index (κ2) is 4.97. The number of nitrogens with one attached hydrogen (secondary N) is 1. The average molecular weight is 339 g/mol. The van der Waals surface area contributed by atoms with Crippen LogP contribution in [0.2, 0.25) is 0 Å². The van der Waals surface area contributed by atoms with Crippen molar-refractivity contribution in [1.82, 2.24) is 9.62 Å². The quantitative estimate of drug-likeness (QED) is 0.894. The Hall–Kier alpha value is 0.0500. The van der Waals surface area contributed by atoms with Gasteiger partial charge in [-0.25, -0.2) is 8.42 Å². The molecule has 1 aliphatic heterocycles. The molecule has 96 valence electrons. The lowest BCUT2D eigenvalue weighted by molar-refractivity contribution is 0.311. The van der Waals surface area contributed by atoms with Gasteiger partial charge in [-0.2, -0.15) is 4.31 Å². The number of sulfonamides is 1. The molecule has 4 nitrogen and oxygen atoms in total. The highest BCUT2D eigenvalue weighted by atomic mass is 79.9. The zero-order valence-corrected chi connectivity index (χ0v) is 13.0. The van der Waals surface area contributed by atoms with Crippen molar-refractivity contribution in [2.45, 2.75) is 24.1 Å². The van der Waals surface area contributed by atoms with Crippen LogP contribution in [0.4, 0.5) is 0 Å². The van der Waals surface area contributed by atoms with Crippen molar-refractivity contribution in [3.63, 3.8) is 0 Å². The molecule has 0 unspecified atom stereocenters. The molecular formula is C10H15BrN2O2S2. The van der Waals surface area contributed by atoms with Gasteiger partial charge in [0.15, 0.2) is 0 Å². The van der Waals surface area contributed by atoms with E-state index in [-0.39, 0.29) is 6.04 Å². The van der Waals surface area contributed by atoms with Crippen molar-refractivity contribution >= 4 is 37.3 Å². The number of hydrogen-bond donors (Lipinski definition) is 1. The lowest BCUT2D eigenvalue weighted by Gasteiger charge is -2.30. The number of halogens is 1. The predicted octanol–water partition coefficient (Wildman–Crippen LogP) is 1.80. The number of nitrogens with zero attached hydrogens (tertiary/aromatic N) is 1. The van der Waals surface area contributed by atoms with Gasteiger partial charge in [0.25, 0.3) is 10.0 Å². The third-order valence-corrected chi connectivity index (χ3v) is 7.21. The van der Waals surface area contributed by atoms with E-state index < -0.39 is 10.0 Å². The van der Waals surface area contributed by atoms with Crippen LogP contribution in [0.5, 0.6) is 0 Å². The van der Waals surface area contributed by atoms with Gasteiger partial charge in [-0.15, -0.1) is 11.3 Å². The summed E-state index contributed by atoms with van der Waals surface area (Å²) in [6.07, 6.45) is 0. The van der Waals surface area contributed by atoms with Gasteiger partial charge in [-0.1, -0.05) is 0 Å². The summed E-state index contributed by atoms with van der Waals surface area (Å²) in [4.78, 5) is 0. The highest BCUT2D eigenvalue weighted by Crippen LogP contribution is 2.32. The summed E-state index contributed by atoms with van der Waals surface area (Å²) in [6, 6.07) is 1.94. The standard InChI is InChI=1S/C10H15BrN2O2S2/c1-7-5-9(16-10(7)11)17(14,15)13-4-3-12-8(2)6-13/h5,8,12H,3-4,6H2,1-2H3/t8-/m1/s1. The molecule has 0 aliphatic carbocycles. The molecule has 0 amide bonds.